The molecule has 0 aliphatic rings. The maximum Gasteiger partial charge on any atom is 0.253 e. The molecule has 2 rings (SSSR count). The normalized spacial score (nSPS) is 12.6. The molecule has 1 aromatic carbocycles. The first-order valence-corrected chi connectivity index (χ1v) is 9.19. The van der Waals surface area contributed by atoms with Gasteiger partial charge in [-0.1, -0.05) is 34.8 Å². The number of rotatable bonds is 5. The standard InChI is InChI=1S/C18H17Cl3N6O/c1-11-3-8-14(9-23-11)25-17(24-10-22)27-16(18(2,20)21)26-15(28)12-4-6-13(19)7-5-12/h3-9,16H,1-2H3,(H,26,28)(H2,24,25,27). The van der Waals surface area contributed by atoms with E-state index in [2.05, 4.69) is 25.9 Å². The van der Waals surface area contributed by atoms with Crippen LogP contribution in [0.1, 0.15) is 23.0 Å². The third kappa shape index (κ3) is 6.57. The highest BCUT2D eigenvalue weighted by molar-refractivity contribution is 6.48. The number of anilines is 1. The van der Waals surface area contributed by atoms with Gasteiger partial charge in [0.1, 0.15) is 0 Å². The van der Waals surface area contributed by atoms with E-state index >= 15 is 0 Å². The van der Waals surface area contributed by atoms with Crippen molar-refractivity contribution in [1.29, 1.82) is 5.26 Å². The van der Waals surface area contributed by atoms with Crippen molar-refractivity contribution in [3.05, 3.63) is 58.9 Å². The lowest BCUT2D eigenvalue weighted by Crippen LogP contribution is -2.45. The van der Waals surface area contributed by atoms with E-state index in [1.807, 2.05) is 6.92 Å². The minimum atomic E-state index is -1.46. The molecule has 0 aliphatic carbocycles. The molecule has 1 amide bonds. The number of guanidine groups is 1. The summed E-state index contributed by atoms with van der Waals surface area (Å²) in [5.41, 5.74) is 1.77. The summed E-state index contributed by atoms with van der Waals surface area (Å²) in [4.78, 5) is 20.9. The van der Waals surface area contributed by atoms with Gasteiger partial charge in [-0.25, -0.2) is 4.99 Å². The van der Waals surface area contributed by atoms with Crippen molar-refractivity contribution < 1.29 is 4.79 Å². The van der Waals surface area contributed by atoms with Gasteiger partial charge in [0.2, 0.25) is 5.96 Å². The molecule has 10 heteroatoms. The predicted molar refractivity (Wildman–Crippen MR) is 112 cm³/mol. The van der Waals surface area contributed by atoms with Crippen molar-refractivity contribution in [1.82, 2.24) is 15.6 Å². The van der Waals surface area contributed by atoms with Gasteiger partial charge in [0, 0.05) is 16.3 Å². The molecule has 0 radical (unpaired) electrons. The second-order valence-electron chi connectivity index (χ2n) is 5.87. The summed E-state index contributed by atoms with van der Waals surface area (Å²) in [6, 6.07) is 9.85. The van der Waals surface area contributed by atoms with Gasteiger partial charge in [-0.2, -0.15) is 5.26 Å². The van der Waals surface area contributed by atoms with E-state index in [4.69, 9.17) is 40.1 Å². The van der Waals surface area contributed by atoms with Gasteiger partial charge < -0.3 is 10.6 Å². The molecule has 0 saturated heterocycles. The van der Waals surface area contributed by atoms with Crippen LogP contribution in [0.5, 0.6) is 0 Å². The highest BCUT2D eigenvalue weighted by Gasteiger charge is 2.32. The minimum absolute atomic E-state index is 0.0436. The van der Waals surface area contributed by atoms with Crippen LogP contribution >= 0.6 is 34.8 Å². The van der Waals surface area contributed by atoms with Crippen LogP contribution in [0.25, 0.3) is 0 Å². The number of carbonyl (C=O) groups excluding carboxylic acids is 1. The summed E-state index contributed by atoms with van der Waals surface area (Å²) < 4.78 is -1.46. The molecular formula is C18H17Cl3N6O. The Morgan fingerprint density at radius 1 is 1.25 bits per heavy atom. The predicted octanol–water partition coefficient (Wildman–Crippen LogP) is 3.83. The number of benzene rings is 1. The van der Waals surface area contributed by atoms with Crippen LogP contribution < -0.4 is 16.0 Å². The van der Waals surface area contributed by atoms with Gasteiger partial charge in [-0.05, 0) is 50.2 Å². The van der Waals surface area contributed by atoms with Crippen LogP contribution in [-0.4, -0.2) is 27.3 Å². The molecule has 0 aliphatic heterocycles. The van der Waals surface area contributed by atoms with Crippen LogP contribution in [0.4, 0.5) is 5.69 Å². The third-order valence-electron chi connectivity index (χ3n) is 3.46. The topological polar surface area (TPSA) is 102 Å². The number of amides is 1. The second kappa shape index (κ2) is 9.60. The van der Waals surface area contributed by atoms with Gasteiger partial charge in [-0.3, -0.25) is 15.1 Å². The Hall–Kier alpha value is -2.53. The van der Waals surface area contributed by atoms with Gasteiger partial charge in [0.15, 0.2) is 16.7 Å². The van der Waals surface area contributed by atoms with Crippen molar-refractivity contribution in [2.24, 2.45) is 4.99 Å². The lowest BCUT2D eigenvalue weighted by molar-refractivity contribution is 0.0935. The first kappa shape index (κ1) is 21.8. The fraction of sp³-hybridized carbons (Fsp3) is 0.222. The summed E-state index contributed by atoms with van der Waals surface area (Å²) in [6.07, 6.45) is 2.28. The number of nitrogens with zero attached hydrogens (tertiary/aromatic N) is 3. The summed E-state index contributed by atoms with van der Waals surface area (Å²) in [5, 5.41) is 17.4. The van der Waals surface area contributed by atoms with Crippen LogP contribution in [0, 0.1) is 18.4 Å². The molecule has 28 heavy (non-hydrogen) atoms. The Labute approximate surface area is 177 Å². The molecule has 1 unspecified atom stereocenters. The van der Waals surface area contributed by atoms with Crippen LogP contribution in [-0.2, 0) is 0 Å². The quantitative estimate of drug-likeness (QED) is 0.216. The number of nitriles is 1. The fourth-order valence-corrected chi connectivity index (χ4v) is 2.37. The van der Waals surface area contributed by atoms with E-state index in [0.717, 1.165) is 5.69 Å². The van der Waals surface area contributed by atoms with Gasteiger partial charge in [-0.15, -0.1) is 0 Å². The maximum atomic E-state index is 12.5. The maximum absolute atomic E-state index is 12.5. The number of aliphatic imine (C=N–C) groups is 1. The zero-order valence-electron chi connectivity index (χ0n) is 15.0. The zero-order valence-corrected chi connectivity index (χ0v) is 17.3. The van der Waals surface area contributed by atoms with Crippen molar-refractivity contribution in [3.8, 4) is 6.19 Å². The highest BCUT2D eigenvalue weighted by Crippen LogP contribution is 2.26. The van der Waals surface area contributed by atoms with Gasteiger partial charge >= 0.3 is 0 Å². The number of nitrogens with one attached hydrogen (secondary N) is 3. The Kier molecular flexibility index (Phi) is 7.46. The molecule has 1 atom stereocenters. The number of hydrogen-bond donors (Lipinski definition) is 3. The Balaban J connectivity index is 2.25. The summed E-state index contributed by atoms with van der Waals surface area (Å²) >= 11 is 18.2. The van der Waals surface area contributed by atoms with Crippen molar-refractivity contribution in [2.75, 3.05) is 5.32 Å². The van der Waals surface area contributed by atoms with Gasteiger partial charge in [0.05, 0.1) is 11.9 Å². The van der Waals surface area contributed by atoms with E-state index in [1.54, 1.807) is 48.8 Å². The van der Waals surface area contributed by atoms with Crippen LogP contribution in [0.2, 0.25) is 5.02 Å². The number of aryl methyl sites for hydroxylation is 1. The molecule has 146 valence electrons. The molecule has 1 heterocycles. The SMILES string of the molecule is Cc1ccc(NC(=NC(NC(=O)c2ccc(Cl)cc2)C(C)(Cl)Cl)NC#N)cn1. The number of hydrogen-bond acceptors (Lipinski definition) is 4. The summed E-state index contributed by atoms with van der Waals surface area (Å²) in [7, 11) is 0. The van der Waals surface area contributed by atoms with Gasteiger partial charge in [0.25, 0.3) is 5.91 Å². The Morgan fingerprint density at radius 2 is 1.93 bits per heavy atom. The van der Waals surface area contributed by atoms with E-state index in [0.29, 0.717) is 16.3 Å². The third-order valence-corrected chi connectivity index (χ3v) is 4.13. The second-order valence-corrected chi connectivity index (χ2v) is 8.07. The van der Waals surface area contributed by atoms with Crippen molar-refractivity contribution >= 4 is 52.4 Å². The highest BCUT2D eigenvalue weighted by atomic mass is 35.5. The Morgan fingerprint density at radius 3 is 2.46 bits per heavy atom. The zero-order chi connectivity index (χ0) is 20.7. The molecular weight excluding hydrogens is 423 g/mol. The minimum Gasteiger partial charge on any atom is -0.328 e. The number of carbonyl (C=O) groups is 1. The molecule has 3 N–H and O–H groups in total. The average molecular weight is 440 g/mol. The van der Waals surface area contributed by atoms with E-state index < -0.39 is 16.4 Å². The first-order chi connectivity index (χ1) is 13.2. The fourth-order valence-electron chi connectivity index (χ4n) is 2.04. The average Bonchev–Trinajstić information content (AvgIpc) is 2.63. The molecule has 7 nitrogen and oxygen atoms in total. The molecule has 0 spiro atoms. The molecule has 1 aromatic heterocycles. The first-order valence-electron chi connectivity index (χ1n) is 8.06. The van der Waals surface area contributed by atoms with Crippen molar-refractivity contribution in [3.63, 3.8) is 0 Å². The molecule has 0 saturated carbocycles. The van der Waals surface area contributed by atoms with E-state index in [-0.39, 0.29) is 5.96 Å². The largest absolute Gasteiger partial charge is 0.328 e. The Bertz CT molecular complexity index is 886. The monoisotopic (exact) mass is 438 g/mol. The van der Waals surface area contributed by atoms with Crippen molar-refractivity contribution in [2.45, 2.75) is 24.3 Å². The van der Waals surface area contributed by atoms with Crippen LogP contribution in [0.15, 0.2) is 47.6 Å². The number of aromatic nitrogens is 1. The summed E-state index contributed by atoms with van der Waals surface area (Å²) in [5.74, 6) is -0.409. The molecule has 0 fully saturated rings. The lowest BCUT2D eigenvalue weighted by Gasteiger charge is -2.25. The van der Waals surface area contributed by atoms with Crippen LogP contribution in [0.3, 0.4) is 0 Å². The molecule has 0 bridgehead atoms. The number of halogens is 3. The molecule has 2 aromatic rings. The lowest BCUT2D eigenvalue weighted by atomic mass is 10.2. The number of pyridine rings is 1. The number of alkyl halides is 2. The van der Waals surface area contributed by atoms with E-state index in [9.17, 15) is 4.79 Å². The summed E-state index contributed by atoms with van der Waals surface area (Å²) in [6.45, 7) is 3.32. The smallest absolute Gasteiger partial charge is 0.253 e. The van der Waals surface area contributed by atoms with E-state index in [1.165, 1.54) is 6.92 Å².